The van der Waals surface area contributed by atoms with E-state index in [1.54, 1.807) is 6.07 Å². The van der Waals surface area contributed by atoms with Gasteiger partial charge in [0.25, 0.3) is 0 Å². The van der Waals surface area contributed by atoms with E-state index in [1.807, 2.05) is 4.90 Å². The summed E-state index contributed by atoms with van der Waals surface area (Å²) >= 11 is 5.72. The molecule has 1 fully saturated rings. The molecule has 0 radical (unpaired) electrons. The number of aromatic nitrogens is 1. The minimum Gasteiger partial charge on any atom is -0.390 e. The fourth-order valence-electron chi connectivity index (χ4n) is 3.27. The van der Waals surface area contributed by atoms with Crippen LogP contribution in [0.1, 0.15) is 18.4 Å². The van der Waals surface area contributed by atoms with Crippen molar-refractivity contribution in [1.29, 1.82) is 0 Å². The van der Waals surface area contributed by atoms with Crippen molar-refractivity contribution in [2.75, 3.05) is 17.3 Å². The normalized spacial score (nSPS) is 19.9. The van der Waals surface area contributed by atoms with Gasteiger partial charge in [0.05, 0.1) is 23.6 Å². The Balaban J connectivity index is 2.11. The molecule has 2 N–H and O–H groups in total. The minimum atomic E-state index is -4.62. The number of aliphatic hydroxyl groups excluding tert-OH is 1. The van der Waals surface area contributed by atoms with Gasteiger partial charge >= 0.3 is 6.18 Å². The van der Waals surface area contributed by atoms with Gasteiger partial charge in [0.2, 0.25) is 5.56 Å². The number of benzene rings is 1. The maximum Gasteiger partial charge on any atom is 0.417 e. The zero-order valence-electron chi connectivity index (χ0n) is 12.6. The van der Waals surface area contributed by atoms with Crippen LogP contribution in [0.15, 0.2) is 29.1 Å². The summed E-state index contributed by atoms with van der Waals surface area (Å²) in [6.45, 7) is 0.634. The van der Waals surface area contributed by atoms with Crippen LogP contribution in [0.5, 0.6) is 0 Å². The topological polar surface area (TPSA) is 56.3 Å². The second kappa shape index (κ2) is 6.29. The molecule has 0 spiro atoms. The number of fused-ring (bicyclic) bond motifs is 1. The van der Waals surface area contributed by atoms with E-state index < -0.39 is 23.4 Å². The zero-order chi connectivity index (χ0) is 17.5. The molecule has 0 saturated carbocycles. The largest absolute Gasteiger partial charge is 0.417 e. The first-order chi connectivity index (χ1) is 11.3. The number of rotatable bonds is 3. The number of nitrogens with one attached hydrogen (secondary N) is 1. The van der Waals surface area contributed by atoms with Crippen molar-refractivity contribution < 1.29 is 18.3 Å². The number of hydrogen-bond donors (Lipinski definition) is 2. The van der Waals surface area contributed by atoms with Gasteiger partial charge in [-0.25, -0.2) is 0 Å². The van der Waals surface area contributed by atoms with Crippen molar-refractivity contribution in [2.45, 2.75) is 31.2 Å². The number of aliphatic hydroxyl groups is 1. The molecule has 3 rings (SSSR count). The summed E-state index contributed by atoms with van der Waals surface area (Å²) in [6, 6.07) is 4.87. The maximum absolute atomic E-state index is 13.2. The molecule has 1 saturated heterocycles. The van der Waals surface area contributed by atoms with Crippen LogP contribution in [-0.4, -0.2) is 34.7 Å². The lowest BCUT2D eigenvalue weighted by Crippen LogP contribution is -2.40. The standard InChI is InChI=1S/C16H16ClF3N2O2/c17-8-14(23)13-2-1-5-22(13)9-3-4-12-10(6-9)11(16(18,19)20)7-15(24)21-12/h3-4,6-7,13-14,23H,1-2,5,8H2,(H,21,24). The highest BCUT2D eigenvalue weighted by Gasteiger charge is 2.34. The molecule has 4 nitrogen and oxygen atoms in total. The van der Waals surface area contributed by atoms with E-state index in [0.29, 0.717) is 18.3 Å². The monoisotopic (exact) mass is 360 g/mol. The third-order valence-electron chi connectivity index (χ3n) is 4.37. The van der Waals surface area contributed by atoms with Crippen molar-refractivity contribution >= 4 is 28.2 Å². The molecule has 1 aliphatic rings. The fourth-order valence-corrected chi connectivity index (χ4v) is 3.48. The van der Waals surface area contributed by atoms with Gasteiger partial charge in [-0.3, -0.25) is 4.79 Å². The molecule has 8 heteroatoms. The van der Waals surface area contributed by atoms with Gasteiger partial charge in [0.1, 0.15) is 0 Å². The molecule has 1 aliphatic heterocycles. The molecule has 0 amide bonds. The Morgan fingerprint density at radius 1 is 1.38 bits per heavy atom. The molecule has 0 bridgehead atoms. The van der Waals surface area contributed by atoms with Gasteiger partial charge in [-0.15, -0.1) is 11.6 Å². The van der Waals surface area contributed by atoms with Crippen LogP contribution >= 0.6 is 11.6 Å². The third-order valence-corrected chi connectivity index (χ3v) is 4.68. The van der Waals surface area contributed by atoms with E-state index in [2.05, 4.69) is 4.98 Å². The van der Waals surface area contributed by atoms with Gasteiger partial charge in [-0.2, -0.15) is 13.2 Å². The quantitative estimate of drug-likeness (QED) is 0.827. The van der Waals surface area contributed by atoms with Crippen molar-refractivity contribution in [3.8, 4) is 0 Å². The summed E-state index contributed by atoms with van der Waals surface area (Å²) in [5.74, 6) is 0.0653. The summed E-state index contributed by atoms with van der Waals surface area (Å²) in [4.78, 5) is 15.8. The van der Waals surface area contributed by atoms with Crippen LogP contribution < -0.4 is 10.5 Å². The van der Waals surface area contributed by atoms with E-state index in [9.17, 15) is 23.1 Å². The molecule has 2 unspecified atom stereocenters. The highest BCUT2D eigenvalue weighted by Crippen LogP contribution is 2.36. The molecule has 130 valence electrons. The van der Waals surface area contributed by atoms with Crippen LogP contribution in [0.4, 0.5) is 18.9 Å². The number of hydrogen-bond acceptors (Lipinski definition) is 3. The summed E-state index contributed by atoms with van der Waals surface area (Å²) in [5.41, 5.74) is -1.05. The van der Waals surface area contributed by atoms with Crippen molar-refractivity contribution in [1.82, 2.24) is 4.98 Å². The maximum atomic E-state index is 13.2. The Morgan fingerprint density at radius 2 is 2.12 bits per heavy atom. The molecule has 2 aromatic rings. The molecule has 1 aromatic carbocycles. The lowest BCUT2D eigenvalue weighted by Gasteiger charge is -2.30. The summed E-state index contributed by atoms with van der Waals surface area (Å²) in [7, 11) is 0. The first kappa shape index (κ1) is 17.1. The SMILES string of the molecule is O=c1cc(C(F)(F)F)c2cc(N3CCCC3C(O)CCl)ccc2[nH]1. The molecular formula is C16H16ClF3N2O2. The van der Waals surface area contributed by atoms with Gasteiger partial charge in [-0.1, -0.05) is 0 Å². The average molecular weight is 361 g/mol. The van der Waals surface area contributed by atoms with Crippen LogP contribution in [0.3, 0.4) is 0 Å². The van der Waals surface area contributed by atoms with E-state index in [4.69, 9.17) is 11.6 Å². The first-order valence-electron chi connectivity index (χ1n) is 7.56. The zero-order valence-corrected chi connectivity index (χ0v) is 13.4. The number of anilines is 1. The number of aromatic amines is 1. The second-order valence-electron chi connectivity index (χ2n) is 5.90. The number of nitrogens with zero attached hydrogens (tertiary/aromatic N) is 1. The van der Waals surface area contributed by atoms with Crippen molar-refractivity contribution in [3.63, 3.8) is 0 Å². The molecule has 24 heavy (non-hydrogen) atoms. The Hall–Kier alpha value is -1.73. The van der Waals surface area contributed by atoms with Gasteiger partial charge in [0.15, 0.2) is 0 Å². The number of halogens is 4. The fraction of sp³-hybridized carbons (Fsp3) is 0.438. The minimum absolute atomic E-state index is 0.0642. The van der Waals surface area contributed by atoms with Crippen molar-refractivity contribution in [3.05, 3.63) is 40.2 Å². The van der Waals surface area contributed by atoms with Gasteiger partial charge < -0.3 is 15.0 Å². The van der Waals surface area contributed by atoms with E-state index in [-0.39, 0.29) is 22.8 Å². The predicted molar refractivity (Wildman–Crippen MR) is 86.7 cm³/mol. The summed E-state index contributed by atoms with van der Waals surface area (Å²) < 4.78 is 39.7. The average Bonchev–Trinajstić information content (AvgIpc) is 3.01. The third kappa shape index (κ3) is 3.10. The first-order valence-corrected chi connectivity index (χ1v) is 8.09. The molecule has 1 aromatic heterocycles. The lowest BCUT2D eigenvalue weighted by atomic mass is 10.1. The number of pyridine rings is 1. The molecule has 2 atom stereocenters. The summed E-state index contributed by atoms with van der Waals surface area (Å²) in [5, 5.41) is 9.96. The van der Waals surface area contributed by atoms with E-state index >= 15 is 0 Å². The number of alkyl halides is 4. The Kier molecular flexibility index (Phi) is 4.48. The van der Waals surface area contributed by atoms with Crippen LogP contribution in [0.2, 0.25) is 0 Å². The van der Waals surface area contributed by atoms with E-state index in [0.717, 1.165) is 12.8 Å². The highest BCUT2D eigenvalue weighted by molar-refractivity contribution is 6.18. The van der Waals surface area contributed by atoms with E-state index in [1.165, 1.54) is 12.1 Å². The molecular weight excluding hydrogens is 345 g/mol. The molecule has 0 aliphatic carbocycles. The highest BCUT2D eigenvalue weighted by atomic mass is 35.5. The number of H-pyrrole nitrogens is 1. The van der Waals surface area contributed by atoms with Crippen molar-refractivity contribution in [2.24, 2.45) is 0 Å². The Labute approximate surface area is 140 Å². The van der Waals surface area contributed by atoms with Gasteiger partial charge in [-0.05, 0) is 31.0 Å². The van der Waals surface area contributed by atoms with Gasteiger partial charge in [0, 0.05) is 29.2 Å². The Bertz CT molecular complexity index is 806. The molecule has 2 heterocycles. The smallest absolute Gasteiger partial charge is 0.390 e. The summed E-state index contributed by atoms with van der Waals surface area (Å²) in [6.07, 6.45) is -3.81. The van der Waals surface area contributed by atoms with Crippen LogP contribution in [0.25, 0.3) is 10.9 Å². The van der Waals surface area contributed by atoms with Crippen LogP contribution in [-0.2, 0) is 6.18 Å². The lowest BCUT2D eigenvalue weighted by molar-refractivity contribution is -0.136. The Morgan fingerprint density at radius 3 is 2.79 bits per heavy atom. The van der Waals surface area contributed by atoms with Crippen LogP contribution in [0, 0.1) is 0 Å². The predicted octanol–water partition coefficient (Wildman–Crippen LogP) is 3.12. The second-order valence-corrected chi connectivity index (χ2v) is 6.21.